The first-order chi connectivity index (χ1) is 5.09. The van der Waals surface area contributed by atoms with E-state index in [4.69, 9.17) is 14.9 Å². The lowest BCUT2D eigenvalue weighted by Gasteiger charge is -2.28. The maximum Gasteiger partial charge on any atom is 0.332 e. The number of aliphatic hydroxyl groups excluding tert-OH is 1. The number of carboxylic acid groups (broad SMARTS) is 1. The molecular weight excluding hydrogens is 148 g/mol. The molecule has 1 aliphatic rings. The highest BCUT2D eigenvalue weighted by atomic mass is 16.5. The Morgan fingerprint density at radius 2 is 2.18 bits per heavy atom. The molecule has 0 amide bonds. The smallest absolute Gasteiger partial charge is 0.332 e. The van der Waals surface area contributed by atoms with Crippen LogP contribution in [0, 0.1) is 0 Å². The zero-order chi connectivity index (χ0) is 8.43. The van der Waals surface area contributed by atoms with Crippen molar-refractivity contribution in [3.05, 3.63) is 0 Å². The summed E-state index contributed by atoms with van der Waals surface area (Å²) in [6.45, 7) is 1.76. The van der Waals surface area contributed by atoms with Crippen LogP contribution in [0.15, 0.2) is 0 Å². The van der Waals surface area contributed by atoms with E-state index in [2.05, 4.69) is 0 Å². The normalized spacial score (nSPS) is 38.5. The van der Waals surface area contributed by atoms with E-state index in [-0.39, 0.29) is 12.5 Å². The second kappa shape index (κ2) is 3.19. The van der Waals surface area contributed by atoms with E-state index in [1.807, 2.05) is 0 Å². The third-order valence-electron chi connectivity index (χ3n) is 1.76. The molecule has 0 aliphatic carbocycles. The highest BCUT2D eigenvalue weighted by Gasteiger charge is 2.30. The maximum absolute atomic E-state index is 10.4. The average Bonchev–Trinajstić information content (AvgIpc) is 1.85. The van der Waals surface area contributed by atoms with Crippen LogP contribution in [0.25, 0.3) is 0 Å². The van der Waals surface area contributed by atoms with Crippen LogP contribution < -0.4 is 0 Å². The predicted molar refractivity (Wildman–Crippen MR) is 37.2 cm³/mol. The Labute approximate surface area is 64.8 Å². The number of aliphatic hydroxyl groups is 1. The van der Waals surface area contributed by atoms with Gasteiger partial charge in [0.1, 0.15) is 0 Å². The van der Waals surface area contributed by atoms with Gasteiger partial charge in [0, 0.05) is 6.42 Å². The number of carbonyl (C=O) groups is 1. The SMILES string of the molecule is CC1CC(O)CC(C(=O)O)O1. The Morgan fingerprint density at radius 1 is 1.55 bits per heavy atom. The lowest BCUT2D eigenvalue weighted by Crippen LogP contribution is -2.38. The monoisotopic (exact) mass is 160 g/mol. The first-order valence-corrected chi connectivity index (χ1v) is 3.66. The van der Waals surface area contributed by atoms with Crippen molar-refractivity contribution in [2.75, 3.05) is 0 Å². The molecule has 0 aromatic heterocycles. The fourth-order valence-corrected chi connectivity index (χ4v) is 1.28. The Bertz CT molecular complexity index is 147. The molecule has 1 heterocycles. The summed E-state index contributed by atoms with van der Waals surface area (Å²) >= 11 is 0. The van der Waals surface area contributed by atoms with Gasteiger partial charge in [0.2, 0.25) is 0 Å². The number of carboxylic acids is 1. The Morgan fingerprint density at radius 3 is 2.64 bits per heavy atom. The number of rotatable bonds is 1. The highest BCUT2D eigenvalue weighted by Crippen LogP contribution is 2.18. The van der Waals surface area contributed by atoms with Crippen LogP contribution in [-0.4, -0.2) is 34.5 Å². The second-order valence-electron chi connectivity index (χ2n) is 2.90. The van der Waals surface area contributed by atoms with Crippen molar-refractivity contribution in [1.82, 2.24) is 0 Å². The minimum Gasteiger partial charge on any atom is -0.479 e. The van der Waals surface area contributed by atoms with Gasteiger partial charge in [-0.25, -0.2) is 4.79 Å². The summed E-state index contributed by atoms with van der Waals surface area (Å²) < 4.78 is 5.06. The molecule has 64 valence electrons. The number of hydrogen-bond acceptors (Lipinski definition) is 3. The van der Waals surface area contributed by atoms with E-state index in [1.165, 1.54) is 0 Å². The van der Waals surface area contributed by atoms with E-state index in [1.54, 1.807) is 6.92 Å². The van der Waals surface area contributed by atoms with Crippen molar-refractivity contribution >= 4 is 5.97 Å². The van der Waals surface area contributed by atoms with E-state index in [0.29, 0.717) is 6.42 Å². The topological polar surface area (TPSA) is 66.8 Å². The summed E-state index contributed by atoms with van der Waals surface area (Å²) in [5.74, 6) is -0.990. The molecule has 0 saturated carbocycles. The molecule has 2 N–H and O–H groups in total. The van der Waals surface area contributed by atoms with Gasteiger partial charge in [0.15, 0.2) is 6.10 Å². The molecule has 0 aromatic rings. The van der Waals surface area contributed by atoms with E-state index in [9.17, 15) is 4.79 Å². The van der Waals surface area contributed by atoms with Crippen LogP contribution in [0.5, 0.6) is 0 Å². The predicted octanol–water partition coefficient (Wildman–Crippen LogP) is -0.000600. The van der Waals surface area contributed by atoms with Crippen LogP contribution in [0.1, 0.15) is 19.8 Å². The van der Waals surface area contributed by atoms with Gasteiger partial charge in [-0.1, -0.05) is 0 Å². The van der Waals surface area contributed by atoms with Gasteiger partial charge >= 0.3 is 5.97 Å². The van der Waals surface area contributed by atoms with Crippen LogP contribution in [0.2, 0.25) is 0 Å². The molecule has 0 aromatic carbocycles. The van der Waals surface area contributed by atoms with Gasteiger partial charge in [-0.15, -0.1) is 0 Å². The summed E-state index contributed by atoms with van der Waals surface area (Å²) in [5, 5.41) is 17.7. The van der Waals surface area contributed by atoms with Gasteiger partial charge in [-0.3, -0.25) is 0 Å². The molecule has 4 heteroatoms. The molecular formula is C7H12O4. The summed E-state index contributed by atoms with van der Waals surface area (Å²) in [7, 11) is 0. The lowest BCUT2D eigenvalue weighted by atomic mass is 10.0. The summed E-state index contributed by atoms with van der Waals surface area (Å²) in [5.41, 5.74) is 0. The third kappa shape index (κ3) is 2.17. The quantitative estimate of drug-likeness (QED) is 0.566. The fraction of sp³-hybridized carbons (Fsp3) is 0.857. The standard InChI is InChI=1S/C7H12O4/c1-4-2-5(8)3-6(11-4)7(9)10/h4-6,8H,2-3H2,1H3,(H,9,10). The van der Waals surface area contributed by atoms with Crippen molar-refractivity contribution in [2.24, 2.45) is 0 Å². The largest absolute Gasteiger partial charge is 0.479 e. The minimum absolute atomic E-state index is 0.153. The van der Waals surface area contributed by atoms with Crippen LogP contribution in [0.3, 0.4) is 0 Å². The Hall–Kier alpha value is -0.610. The van der Waals surface area contributed by atoms with Crippen molar-refractivity contribution < 1.29 is 19.7 Å². The number of hydrogen-bond donors (Lipinski definition) is 2. The summed E-state index contributed by atoms with van der Waals surface area (Å²) in [6, 6.07) is 0. The van der Waals surface area contributed by atoms with Crippen molar-refractivity contribution in [3.63, 3.8) is 0 Å². The molecule has 1 aliphatic heterocycles. The van der Waals surface area contributed by atoms with E-state index < -0.39 is 18.2 Å². The molecule has 11 heavy (non-hydrogen) atoms. The van der Waals surface area contributed by atoms with Crippen LogP contribution >= 0.6 is 0 Å². The zero-order valence-corrected chi connectivity index (χ0v) is 6.36. The van der Waals surface area contributed by atoms with Gasteiger partial charge < -0.3 is 14.9 Å². The average molecular weight is 160 g/mol. The van der Waals surface area contributed by atoms with Gasteiger partial charge in [-0.05, 0) is 13.3 Å². The third-order valence-corrected chi connectivity index (χ3v) is 1.76. The van der Waals surface area contributed by atoms with E-state index >= 15 is 0 Å². The minimum atomic E-state index is -0.990. The summed E-state index contributed by atoms with van der Waals surface area (Å²) in [6.07, 6.45) is -0.767. The fourth-order valence-electron chi connectivity index (χ4n) is 1.28. The molecule has 0 radical (unpaired) electrons. The van der Waals surface area contributed by atoms with E-state index in [0.717, 1.165) is 0 Å². The Kier molecular flexibility index (Phi) is 2.46. The molecule has 0 spiro atoms. The molecule has 3 atom stereocenters. The number of aliphatic carboxylic acids is 1. The maximum atomic E-state index is 10.4. The van der Waals surface area contributed by atoms with Gasteiger partial charge in [0.25, 0.3) is 0 Å². The van der Waals surface area contributed by atoms with Gasteiger partial charge in [0.05, 0.1) is 12.2 Å². The molecule has 3 unspecified atom stereocenters. The Balaban J connectivity index is 2.49. The summed E-state index contributed by atoms with van der Waals surface area (Å²) in [4.78, 5) is 10.4. The number of ether oxygens (including phenoxy) is 1. The first-order valence-electron chi connectivity index (χ1n) is 3.66. The van der Waals surface area contributed by atoms with Crippen molar-refractivity contribution in [1.29, 1.82) is 0 Å². The van der Waals surface area contributed by atoms with Crippen molar-refractivity contribution in [2.45, 2.75) is 38.1 Å². The first kappa shape index (κ1) is 8.49. The second-order valence-corrected chi connectivity index (χ2v) is 2.90. The molecule has 0 bridgehead atoms. The molecule has 1 fully saturated rings. The van der Waals surface area contributed by atoms with Crippen LogP contribution in [0.4, 0.5) is 0 Å². The van der Waals surface area contributed by atoms with Crippen LogP contribution in [-0.2, 0) is 9.53 Å². The molecule has 1 rings (SSSR count). The lowest BCUT2D eigenvalue weighted by molar-refractivity contribution is -0.164. The zero-order valence-electron chi connectivity index (χ0n) is 6.36. The van der Waals surface area contributed by atoms with Gasteiger partial charge in [-0.2, -0.15) is 0 Å². The molecule has 4 nitrogen and oxygen atoms in total. The van der Waals surface area contributed by atoms with Crippen molar-refractivity contribution in [3.8, 4) is 0 Å². The molecule has 1 saturated heterocycles. The highest BCUT2D eigenvalue weighted by molar-refractivity contribution is 5.72.